The van der Waals surface area contributed by atoms with E-state index in [1.54, 1.807) is 0 Å². The Morgan fingerprint density at radius 1 is 1.35 bits per heavy atom. The highest BCUT2D eigenvalue weighted by Gasteiger charge is 2.31. The van der Waals surface area contributed by atoms with E-state index in [0.29, 0.717) is 6.04 Å². The van der Waals surface area contributed by atoms with E-state index in [1.807, 2.05) is 12.4 Å². The zero-order chi connectivity index (χ0) is 14.8. The van der Waals surface area contributed by atoms with Crippen LogP contribution in [0, 0.1) is 0 Å². The van der Waals surface area contributed by atoms with Crippen molar-refractivity contribution in [3.8, 4) is 0 Å². The molecule has 0 radical (unpaired) electrons. The van der Waals surface area contributed by atoms with E-state index in [0.717, 1.165) is 26.2 Å². The molecule has 0 bridgehead atoms. The molecule has 0 spiro atoms. The number of pyridine rings is 1. The zero-order valence-electron chi connectivity index (χ0n) is 13.5. The van der Waals surface area contributed by atoms with E-state index >= 15 is 0 Å². The van der Waals surface area contributed by atoms with Crippen molar-refractivity contribution in [3.63, 3.8) is 0 Å². The molecule has 1 saturated heterocycles. The first-order valence-electron chi connectivity index (χ1n) is 7.52. The highest BCUT2D eigenvalue weighted by atomic mass is 15.3. The van der Waals surface area contributed by atoms with Crippen LogP contribution in [-0.4, -0.2) is 48.1 Å². The van der Waals surface area contributed by atoms with E-state index in [4.69, 9.17) is 0 Å². The van der Waals surface area contributed by atoms with Gasteiger partial charge in [0, 0.05) is 61.4 Å². The molecule has 0 aliphatic carbocycles. The Bertz CT molecular complexity index is 442. The molecule has 4 nitrogen and oxygen atoms in total. The predicted molar refractivity (Wildman–Crippen MR) is 85.1 cm³/mol. The number of likely N-dealkylation sites (N-methyl/N-ethyl adjacent to an activating group) is 1. The normalized spacial score (nSPS) is 19.6. The Morgan fingerprint density at radius 2 is 2.10 bits per heavy atom. The van der Waals surface area contributed by atoms with E-state index in [-0.39, 0.29) is 5.54 Å². The molecule has 1 fully saturated rings. The summed E-state index contributed by atoms with van der Waals surface area (Å²) in [6.07, 6.45) is 3.90. The fourth-order valence-electron chi connectivity index (χ4n) is 2.62. The Kier molecular flexibility index (Phi) is 4.66. The van der Waals surface area contributed by atoms with Crippen LogP contribution in [-0.2, 0) is 6.54 Å². The SMILES string of the molecule is CC(C)NCc1cnccc1N1CCN(C)C(C)(C)C1. The Labute approximate surface area is 123 Å². The summed E-state index contributed by atoms with van der Waals surface area (Å²) in [5.74, 6) is 0. The van der Waals surface area contributed by atoms with Crippen LogP contribution >= 0.6 is 0 Å². The number of hydrogen-bond donors (Lipinski definition) is 1. The van der Waals surface area contributed by atoms with Gasteiger partial charge in [-0.05, 0) is 27.0 Å². The van der Waals surface area contributed by atoms with Crippen molar-refractivity contribution < 1.29 is 0 Å². The number of aromatic nitrogens is 1. The van der Waals surface area contributed by atoms with E-state index < -0.39 is 0 Å². The fourth-order valence-corrected chi connectivity index (χ4v) is 2.62. The van der Waals surface area contributed by atoms with Gasteiger partial charge in [0.1, 0.15) is 0 Å². The summed E-state index contributed by atoms with van der Waals surface area (Å²) in [5, 5.41) is 3.49. The maximum Gasteiger partial charge on any atom is 0.0443 e. The number of piperazine rings is 1. The number of nitrogens with one attached hydrogen (secondary N) is 1. The van der Waals surface area contributed by atoms with Crippen LogP contribution in [0.1, 0.15) is 33.3 Å². The smallest absolute Gasteiger partial charge is 0.0443 e. The van der Waals surface area contributed by atoms with Gasteiger partial charge in [-0.3, -0.25) is 9.88 Å². The van der Waals surface area contributed by atoms with Crippen LogP contribution in [0.2, 0.25) is 0 Å². The van der Waals surface area contributed by atoms with Crippen molar-refractivity contribution in [1.82, 2.24) is 15.2 Å². The second-order valence-electron chi connectivity index (χ2n) is 6.70. The summed E-state index contributed by atoms with van der Waals surface area (Å²) in [7, 11) is 2.21. The van der Waals surface area contributed by atoms with Gasteiger partial charge in [-0.25, -0.2) is 0 Å². The summed E-state index contributed by atoms with van der Waals surface area (Å²) in [6.45, 7) is 13.1. The van der Waals surface area contributed by atoms with Crippen LogP contribution in [0.5, 0.6) is 0 Å². The van der Waals surface area contributed by atoms with Crippen LogP contribution in [0.25, 0.3) is 0 Å². The fraction of sp³-hybridized carbons (Fsp3) is 0.688. The van der Waals surface area contributed by atoms with Crippen molar-refractivity contribution in [2.24, 2.45) is 0 Å². The molecule has 1 aromatic heterocycles. The third kappa shape index (κ3) is 3.49. The lowest BCUT2D eigenvalue weighted by Crippen LogP contribution is -2.57. The lowest BCUT2D eigenvalue weighted by molar-refractivity contribution is 0.139. The molecular weight excluding hydrogens is 248 g/mol. The van der Waals surface area contributed by atoms with Crippen LogP contribution < -0.4 is 10.2 Å². The average molecular weight is 276 g/mol. The maximum absolute atomic E-state index is 4.29. The van der Waals surface area contributed by atoms with E-state index in [1.165, 1.54) is 11.3 Å². The number of hydrogen-bond acceptors (Lipinski definition) is 4. The van der Waals surface area contributed by atoms with Gasteiger partial charge in [0.05, 0.1) is 0 Å². The van der Waals surface area contributed by atoms with Gasteiger partial charge in [-0.2, -0.15) is 0 Å². The summed E-state index contributed by atoms with van der Waals surface area (Å²) in [6, 6.07) is 2.64. The highest BCUT2D eigenvalue weighted by molar-refractivity contribution is 5.53. The molecule has 2 rings (SSSR count). The molecule has 1 aliphatic rings. The van der Waals surface area contributed by atoms with Crippen molar-refractivity contribution in [3.05, 3.63) is 24.0 Å². The molecule has 4 heteroatoms. The Morgan fingerprint density at radius 3 is 2.75 bits per heavy atom. The third-order valence-electron chi connectivity index (χ3n) is 4.24. The molecule has 1 aromatic rings. The number of rotatable bonds is 4. The molecule has 112 valence electrons. The molecule has 1 N–H and O–H groups in total. The third-order valence-corrected chi connectivity index (χ3v) is 4.24. The van der Waals surface area contributed by atoms with E-state index in [9.17, 15) is 0 Å². The standard InChI is InChI=1S/C16H28N4/c1-13(2)18-11-14-10-17-7-6-15(14)20-9-8-19(5)16(3,4)12-20/h6-7,10,13,18H,8-9,11-12H2,1-5H3. The minimum Gasteiger partial charge on any atom is -0.368 e. The summed E-state index contributed by atoms with van der Waals surface area (Å²) >= 11 is 0. The summed E-state index contributed by atoms with van der Waals surface area (Å²) in [4.78, 5) is 9.23. The summed E-state index contributed by atoms with van der Waals surface area (Å²) < 4.78 is 0. The molecular formula is C16H28N4. The molecule has 2 heterocycles. The Hall–Kier alpha value is -1.13. The van der Waals surface area contributed by atoms with Gasteiger partial charge in [0.2, 0.25) is 0 Å². The van der Waals surface area contributed by atoms with Gasteiger partial charge < -0.3 is 10.2 Å². The lowest BCUT2D eigenvalue weighted by atomic mass is 9.98. The summed E-state index contributed by atoms with van der Waals surface area (Å²) in [5.41, 5.74) is 2.83. The van der Waals surface area contributed by atoms with Crippen LogP contribution in [0.3, 0.4) is 0 Å². The van der Waals surface area contributed by atoms with Gasteiger partial charge in [-0.1, -0.05) is 13.8 Å². The average Bonchev–Trinajstić information content (AvgIpc) is 2.40. The van der Waals surface area contributed by atoms with Gasteiger partial charge in [-0.15, -0.1) is 0 Å². The minimum atomic E-state index is 0.213. The van der Waals surface area contributed by atoms with Crippen LogP contribution in [0.15, 0.2) is 18.5 Å². The quantitative estimate of drug-likeness (QED) is 0.912. The second kappa shape index (κ2) is 6.10. The molecule has 0 atom stereocenters. The van der Waals surface area contributed by atoms with E-state index in [2.05, 4.69) is 60.9 Å². The molecule has 0 aromatic carbocycles. The van der Waals surface area contributed by atoms with Crippen molar-refractivity contribution in [2.75, 3.05) is 31.6 Å². The minimum absolute atomic E-state index is 0.213. The second-order valence-corrected chi connectivity index (χ2v) is 6.70. The maximum atomic E-state index is 4.29. The largest absolute Gasteiger partial charge is 0.368 e. The molecule has 1 aliphatic heterocycles. The predicted octanol–water partition coefficient (Wildman–Crippen LogP) is 2.11. The zero-order valence-corrected chi connectivity index (χ0v) is 13.5. The van der Waals surface area contributed by atoms with Gasteiger partial charge >= 0.3 is 0 Å². The van der Waals surface area contributed by atoms with Crippen LogP contribution in [0.4, 0.5) is 5.69 Å². The molecule has 0 amide bonds. The monoisotopic (exact) mass is 276 g/mol. The topological polar surface area (TPSA) is 31.4 Å². The number of nitrogens with zero attached hydrogens (tertiary/aromatic N) is 3. The van der Waals surface area contributed by atoms with Crippen molar-refractivity contribution in [1.29, 1.82) is 0 Å². The number of anilines is 1. The molecule has 20 heavy (non-hydrogen) atoms. The first-order valence-corrected chi connectivity index (χ1v) is 7.52. The van der Waals surface area contributed by atoms with Crippen molar-refractivity contribution in [2.45, 2.75) is 45.8 Å². The molecule has 0 saturated carbocycles. The highest BCUT2D eigenvalue weighted by Crippen LogP contribution is 2.26. The first kappa shape index (κ1) is 15.3. The van der Waals surface area contributed by atoms with Gasteiger partial charge in [0.25, 0.3) is 0 Å². The first-order chi connectivity index (χ1) is 9.40. The Balaban J connectivity index is 2.16. The van der Waals surface area contributed by atoms with Crippen molar-refractivity contribution >= 4 is 5.69 Å². The lowest BCUT2D eigenvalue weighted by Gasteiger charge is -2.46. The van der Waals surface area contributed by atoms with Gasteiger partial charge in [0.15, 0.2) is 0 Å². The molecule has 0 unspecified atom stereocenters.